The molecule has 0 aromatic carbocycles. The first-order valence-corrected chi connectivity index (χ1v) is 4.04. The van der Waals surface area contributed by atoms with Crippen molar-refractivity contribution in [1.82, 2.24) is 0 Å². The van der Waals surface area contributed by atoms with Crippen molar-refractivity contribution in [2.45, 2.75) is 20.3 Å². The van der Waals surface area contributed by atoms with E-state index in [1.165, 1.54) is 7.11 Å². The number of hydrogen-bond donors (Lipinski definition) is 0. The molecule has 66 valence electrons. The topological polar surface area (TPSA) is 26.3 Å². The first-order chi connectivity index (χ1) is 5.61. The number of esters is 1. The van der Waals surface area contributed by atoms with E-state index in [9.17, 15) is 4.79 Å². The molecule has 0 saturated carbocycles. The van der Waals surface area contributed by atoms with Crippen LogP contribution < -0.4 is 0 Å². The summed E-state index contributed by atoms with van der Waals surface area (Å²) in [5, 5.41) is 0. The standard InChI is InChI=1S/C10H14O2/c1-8-6-4-5-7-10(8,2)9(11)12-3/h5-7H,4H2,1-3H3/t10-/m1/s1. The third-order valence-corrected chi connectivity index (χ3v) is 2.44. The summed E-state index contributed by atoms with van der Waals surface area (Å²) < 4.78 is 4.73. The Morgan fingerprint density at radius 3 is 2.83 bits per heavy atom. The number of ether oxygens (including phenoxy) is 1. The van der Waals surface area contributed by atoms with Crippen LogP contribution in [0, 0.1) is 5.41 Å². The van der Waals surface area contributed by atoms with Gasteiger partial charge in [-0.1, -0.05) is 23.8 Å². The molecule has 0 saturated heterocycles. The van der Waals surface area contributed by atoms with Gasteiger partial charge >= 0.3 is 5.97 Å². The van der Waals surface area contributed by atoms with Crippen molar-refractivity contribution >= 4 is 5.97 Å². The van der Waals surface area contributed by atoms with Crippen molar-refractivity contribution in [2.24, 2.45) is 5.41 Å². The number of rotatable bonds is 1. The van der Waals surface area contributed by atoms with E-state index in [1.807, 2.05) is 26.0 Å². The van der Waals surface area contributed by atoms with Crippen LogP contribution >= 0.6 is 0 Å². The zero-order valence-electron chi connectivity index (χ0n) is 7.76. The monoisotopic (exact) mass is 166 g/mol. The summed E-state index contributed by atoms with van der Waals surface area (Å²) in [4.78, 5) is 11.4. The molecule has 1 rings (SSSR count). The fourth-order valence-electron chi connectivity index (χ4n) is 1.33. The fraction of sp³-hybridized carbons (Fsp3) is 0.500. The molecule has 1 aliphatic carbocycles. The lowest BCUT2D eigenvalue weighted by atomic mass is 9.79. The van der Waals surface area contributed by atoms with Gasteiger partial charge in [-0.15, -0.1) is 0 Å². The molecule has 0 unspecified atom stereocenters. The van der Waals surface area contributed by atoms with Gasteiger partial charge in [0.15, 0.2) is 0 Å². The van der Waals surface area contributed by atoms with Gasteiger partial charge in [0.05, 0.1) is 7.11 Å². The molecule has 0 spiro atoms. The Morgan fingerprint density at radius 2 is 2.33 bits per heavy atom. The smallest absolute Gasteiger partial charge is 0.319 e. The minimum atomic E-state index is -0.535. The van der Waals surface area contributed by atoms with Crippen LogP contribution in [0.3, 0.4) is 0 Å². The predicted molar refractivity (Wildman–Crippen MR) is 47.6 cm³/mol. The molecule has 0 radical (unpaired) electrons. The summed E-state index contributed by atoms with van der Waals surface area (Å²) in [7, 11) is 1.42. The highest BCUT2D eigenvalue weighted by atomic mass is 16.5. The summed E-state index contributed by atoms with van der Waals surface area (Å²) in [5.41, 5.74) is 0.532. The maximum absolute atomic E-state index is 11.4. The van der Waals surface area contributed by atoms with Crippen LogP contribution in [0.2, 0.25) is 0 Å². The molecule has 0 amide bonds. The molecule has 0 bridgehead atoms. The summed E-state index contributed by atoms with van der Waals surface area (Å²) in [5.74, 6) is -0.188. The molecule has 0 aromatic heterocycles. The third kappa shape index (κ3) is 1.29. The summed E-state index contributed by atoms with van der Waals surface area (Å²) in [6.07, 6.45) is 6.87. The highest BCUT2D eigenvalue weighted by molar-refractivity contribution is 5.82. The van der Waals surface area contributed by atoms with Crippen LogP contribution in [0.15, 0.2) is 23.8 Å². The maximum atomic E-state index is 11.4. The van der Waals surface area contributed by atoms with Gasteiger partial charge in [0, 0.05) is 0 Å². The molecular weight excluding hydrogens is 152 g/mol. The first-order valence-electron chi connectivity index (χ1n) is 4.04. The van der Waals surface area contributed by atoms with E-state index in [4.69, 9.17) is 4.74 Å². The van der Waals surface area contributed by atoms with Gasteiger partial charge in [0.1, 0.15) is 5.41 Å². The Labute approximate surface area is 72.9 Å². The number of hydrogen-bond acceptors (Lipinski definition) is 2. The molecule has 0 N–H and O–H groups in total. The lowest BCUT2D eigenvalue weighted by molar-refractivity contribution is -0.147. The molecule has 12 heavy (non-hydrogen) atoms. The van der Waals surface area contributed by atoms with E-state index in [2.05, 4.69) is 6.08 Å². The lowest BCUT2D eigenvalue weighted by Gasteiger charge is -2.26. The Bertz CT molecular complexity index is 251. The van der Waals surface area contributed by atoms with E-state index in [1.54, 1.807) is 0 Å². The zero-order valence-corrected chi connectivity index (χ0v) is 7.76. The highest BCUT2D eigenvalue weighted by Crippen LogP contribution is 2.33. The first kappa shape index (κ1) is 9.04. The second-order valence-corrected chi connectivity index (χ2v) is 3.22. The average Bonchev–Trinajstić information content (AvgIpc) is 2.09. The van der Waals surface area contributed by atoms with Crippen molar-refractivity contribution in [3.05, 3.63) is 23.8 Å². The van der Waals surface area contributed by atoms with E-state index < -0.39 is 5.41 Å². The Hall–Kier alpha value is -1.05. The molecule has 2 nitrogen and oxygen atoms in total. The van der Waals surface area contributed by atoms with Crippen molar-refractivity contribution in [3.8, 4) is 0 Å². The number of methoxy groups -OCH3 is 1. The molecule has 1 aliphatic rings. The van der Waals surface area contributed by atoms with Crippen LogP contribution in [0.4, 0.5) is 0 Å². The van der Waals surface area contributed by atoms with Crippen LogP contribution in [0.25, 0.3) is 0 Å². The number of carbonyl (C=O) groups is 1. The molecule has 1 atom stereocenters. The zero-order chi connectivity index (χ0) is 9.19. The second kappa shape index (κ2) is 3.13. The van der Waals surface area contributed by atoms with Crippen molar-refractivity contribution in [3.63, 3.8) is 0 Å². The SMILES string of the molecule is COC(=O)[C@]1(C)C=CCC=C1C. The summed E-state index contributed by atoms with van der Waals surface area (Å²) in [6, 6.07) is 0. The Kier molecular flexibility index (Phi) is 2.36. The summed E-state index contributed by atoms with van der Waals surface area (Å²) >= 11 is 0. The normalized spacial score (nSPS) is 28.1. The largest absolute Gasteiger partial charge is 0.468 e. The molecule has 0 heterocycles. The van der Waals surface area contributed by atoms with Gasteiger partial charge in [0.2, 0.25) is 0 Å². The molecule has 2 heteroatoms. The van der Waals surface area contributed by atoms with Gasteiger partial charge in [-0.2, -0.15) is 0 Å². The predicted octanol–water partition coefficient (Wildman–Crippen LogP) is 2.07. The minimum Gasteiger partial charge on any atom is -0.468 e. The van der Waals surface area contributed by atoms with Crippen molar-refractivity contribution in [1.29, 1.82) is 0 Å². The molecule has 0 aromatic rings. The third-order valence-electron chi connectivity index (χ3n) is 2.44. The van der Waals surface area contributed by atoms with Gasteiger partial charge < -0.3 is 4.74 Å². The Morgan fingerprint density at radius 1 is 1.67 bits per heavy atom. The van der Waals surface area contributed by atoms with Crippen LogP contribution in [-0.4, -0.2) is 13.1 Å². The fourth-order valence-corrected chi connectivity index (χ4v) is 1.33. The van der Waals surface area contributed by atoms with E-state index >= 15 is 0 Å². The Balaban J connectivity index is 2.95. The summed E-state index contributed by atoms with van der Waals surface area (Å²) in [6.45, 7) is 3.83. The second-order valence-electron chi connectivity index (χ2n) is 3.22. The molecular formula is C10H14O2. The lowest BCUT2D eigenvalue weighted by Crippen LogP contribution is -2.29. The molecule has 0 aliphatic heterocycles. The van der Waals surface area contributed by atoms with Gasteiger partial charge in [0.25, 0.3) is 0 Å². The van der Waals surface area contributed by atoms with Gasteiger partial charge in [-0.05, 0) is 20.3 Å². The van der Waals surface area contributed by atoms with Crippen LogP contribution in [0.5, 0.6) is 0 Å². The van der Waals surface area contributed by atoms with E-state index in [0.29, 0.717) is 0 Å². The van der Waals surface area contributed by atoms with Crippen LogP contribution in [0.1, 0.15) is 20.3 Å². The average molecular weight is 166 g/mol. The quantitative estimate of drug-likeness (QED) is 0.440. The van der Waals surface area contributed by atoms with Gasteiger partial charge in [-0.3, -0.25) is 4.79 Å². The minimum absolute atomic E-state index is 0.188. The molecule has 0 fully saturated rings. The number of carbonyl (C=O) groups excluding carboxylic acids is 1. The van der Waals surface area contributed by atoms with Gasteiger partial charge in [-0.25, -0.2) is 0 Å². The van der Waals surface area contributed by atoms with Crippen molar-refractivity contribution in [2.75, 3.05) is 7.11 Å². The van der Waals surface area contributed by atoms with Crippen molar-refractivity contribution < 1.29 is 9.53 Å². The van der Waals surface area contributed by atoms with E-state index in [0.717, 1.165) is 12.0 Å². The van der Waals surface area contributed by atoms with E-state index in [-0.39, 0.29) is 5.97 Å². The highest BCUT2D eigenvalue weighted by Gasteiger charge is 2.34. The van der Waals surface area contributed by atoms with Crippen LogP contribution in [-0.2, 0) is 9.53 Å². The maximum Gasteiger partial charge on any atom is 0.319 e. The number of allylic oxidation sites excluding steroid dienone is 2.